The van der Waals surface area contributed by atoms with E-state index < -0.39 is 0 Å². The van der Waals surface area contributed by atoms with Crippen molar-refractivity contribution in [1.29, 1.82) is 0 Å². The van der Waals surface area contributed by atoms with Crippen LogP contribution in [0.2, 0.25) is 0 Å². The van der Waals surface area contributed by atoms with E-state index in [1.54, 1.807) is 26.0 Å². The first-order chi connectivity index (χ1) is 10.7. The Morgan fingerprint density at radius 2 is 1.91 bits per heavy atom. The summed E-state index contributed by atoms with van der Waals surface area (Å²) in [6, 6.07) is 5.03. The van der Waals surface area contributed by atoms with Crippen molar-refractivity contribution in [3.8, 4) is 11.5 Å². The van der Waals surface area contributed by atoms with E-state index in [0.29, 0.717) is 12.1 Å². The number of ether oxygens (including phenoxy) is 2. The van der Waals surface area contributed by atoms with Crippen LogP contribution in [0.15, 0.2) is 21.6 Å². The summed E-state index contributed by atoms with van der Waals surface area (Å²) < 4.78 is 11.7. The van der Waals surface area contributed by atoms with Gasteiger partial charge < -0.3 is 14.8 Å². The maximum absolute atomic E-state index is 5.38. The number of fused-ring (bicyclic) bond motifs is 1. The Hall–Kier alpha value is -0.400. The number of amidine groups is 1. The van der Waals surface area contributed by atoms with Crippen LogP contribution in [0.5, 0.6) is 11.5 Å². The molecule has 2 aliphatic rings. The third-order valence-electron chi connectivity index (χ3n) is 4.24. The lowest BCUT2D eigenvalue weighted by Crippen LogP contribution is -2.36. The molecule has 0 saturated heterocycles. The molecule has 1 aromatic rings. The summed E-state index contributed by atoms with van der Waals surface area (Å²) >= 11 is 5.38. The number of halogens is 2. The van der Waals surface area contributed by atoms with Crippen molar-refractivity contribution in [2.24, 2.45) is 4.99 Å². The Labute approximate surface area is 160 Å². The summed E-state index contributed by atoms with van der Waals surface area (Å²) in [6.07, 6.45) is 5.11. The second-order valence-electron chi connectivity index (χ2n) is 5.62. The van der Waals surface area contributed by atoms with Crippen LogP contribution in [-0.2, 0) is 5.75 Å². The lowest BCUT2D eigenvalue weighted by molar-refractivity contribution is 0.354. The number of rotatable bonds is 4. The van der Waals surface area contributed by atoms with Gasteiger partial charge in [0.05, 0.1) is 26.3 Å². The minimum Gasteiger partial charge on any atom is -0.493 e. The topological polar surface area (TPSA) is 42.8 Å². The summed E-state index contributed by atoms with van der Waals surface area (Å²) in [5.41, 5.74) is 1.18. The quantitative estimate of drug-likeness (QED) is 0.708. The van der Waals surface area contributed by atoms with Crippen LogP contribution >= 0.6 is 44.7 Å². The van der Waals surface area contributed by atoms with Crippen LogP contribution in [0.1, 0.15) is 31.2 Å². The number of thioether (sulfide) groups is 1. The Kier molecular flexibility index (Phi) is 7.10. The highest BCUT2D eigenvalue weighted by molar-refractivity contribution is 9.10. The van der Waals surface area contributed by atoms with Crippen molar-refractivity contribution < 1.29 is 9.47 Å². The molecule has 1 N–H and O–H groups in total. The van der Waals surface area contributed by atoms with Gasteiger partial charge in [-0.1, -0.05) is 40.5 Å². The first-order valence-electron chi connectivity index (χ1n) is 7.59. The highest BCUT2D eigenvalue weighted by Gasteiger charge is 2.30. The molecule has 0 radical (unpaired) electrons. The maximum atomic E-state index is 5.38. The zero-order chi connectivity index (χ0) is 15.5. The first-order valence-corrected chi connectivity index (χ1v) is 9.36. The van der Waals surface area contributed by atoms with Gasteiger partial charge in [0.25, 0.3) is 0 Å². The number of nitrogens with one attached hydrogen (secondary N) is 1. The van der Waals surface area contributed by atoms with Gasteiger partial charge in [0.15, 0.2) is 16.7 Å². The summed E-state index contributed by atoms with van der Waals surface area (Å²) in [5, 5.41) is 4.66. The zero-order valence-electron chi connectivity index (χ0n) is 13.3. The van der Waals surface area contributed by atoms with Crippen LogP contribution in [0, 0.1) is 0 Å². The van der Waals surface area contributed by atoms with Crippen LogP contribution in [0.4, 0.5) is 0 Å². The van der Waals surface area contributed by atoms with Crippen molar-refractivity contribution in [3.63, 3.8) is 0 Å². The molecule has 3 rings (SSSR count). The molecule has 2 atom stereocenters. The average molecular weight is 466 g/mol. The second-order valence-corrected chi connectivity index (χ2v) is 7.44. The number of methoxy groups -OCH3 is 2. The predicted molar refractivity (Wildman–Crippen MR) is 105 cm³/mol. The van der Waals surface area contributed by atoms with Gasteiger partial charge in [-0.3, -0.25) is 4.99 Å². The van der Waals surface area contributed by atoms with Gasteiger partial charge in [-0.25, -0.2) is 0 Å². The zero-order valence-corrected chi connectivity index (χ0v) is 17.4. The van der Waals surface area contributed by atoms with E-state index in [2.05, 4.69) is 21.2 Å². The van der Waals surface area contributed by atoms with Crippen molar-refractivity contribution in [3.05, 3.63) is 22.2 Å². The van der Waals surface area contributed by atoms with Crippen molar-refractivity contribution >= 4 is 49.8 Å². The number of nitrogens with zero attached hydrogens (tertiary/aromatic N) is 1. The lowest BCUT2D eigenvalue weighted by atomic mass is 9.92. The molecular weight excluding hydrogens is 444 g/mol. The predicted octanol–water partition coefficient (Wildman–Crippen LogP) is 4.55. The largest absolute Gasteiger partial charge is 0.493 e. The SMILES string of the molecule is Br.COc1cc(Br)c(CSC2=NC3CCCCC3N2)cc1OC. The van der Waals surface area contributed by atoms with E-state index in [1.807, 2.05) is 12.1 Å². The lowest BCUT2D eigenvalue weighted by Gasteiger charge is -2.23. The molecule has 23 heavy (non-hydrogen) atoms. The van der Waals surface area contributed by atoms with Crippen LogP contribution in [-0.4, -0.2) is 31.5 Å². The Bertz CT molecular complexity index is 583. The summed E-state index contributed by atoms with van der Waals surface area (Å²) in [6.45, 7) is 0. The Morgan fingerprint density at radius 3 is 2.61 bits per heavy atom. The van der Waals surface area contributed by atoms with E-state index in [0.717, 1.165) is 26.9 Å². The molecule has 0 spiro atoms. The van der Waals surface area contributed by atoms with E-state index in [4.69, 9.17) is 14.5 Å². The Morgan fingerprint density at radius 1 is 1.22 bits per heavy atom. The Balaban J connectivity index is 0.00000192. The van der Waals surface area contributed by atoms with Crippen LogP contribution in [0.25, 0.3) is 0 Å². The van der Waals surface area contributed by atoms with Gasteiger partial charge >= 0.3 is 0 Å². The molecule has 7 heteroatoms. The minimum absolute atomic E-state index is 0. The average Bonchev–Trinajstić information content (AvgIpc) is 2.96. The van der Waals surface area contributed by atoms with Gasteiger partial charge in [0.2, 0.25) is 0 Å². The van der Waals surface area contributed by atoms with E-state index in [1.165, 1.54) is 31.2 Å². The van der Waals surface area contributed by atoms with Gasteiger partial charge in [0.1, 0.15) is 0 Å². The number of hydrogen-bond donors (Lipinski definition) is 1. The molecule has 0 amide bonds. The standard InChI is InChI=1S/C16H21BrN2O2S.BrH/c1-20-14-7-10(11(17)8-15(14)21-2)9-22-16-18-12-5-3-4-6-13(12)19-16;/h7-8,12-13H,3-6,9H2,1-2H3,(H,18,19);1H. The number of benzene rings is 1. The third-order valence-corrected chi connectivity index (χ3v) is 5.93. The van der Waals surface area contributed by atoms with E-state index in [-0.39, 0.29) is 17.0 Å². The van der Waals surface area contributed by atoms with Gasteiger partial charge in [-0.15, -0.1) is 17.0 Å². The van der Waals surface area contributed by atoms with Gasteiger partial charge in [-0.05, 0) is 30.5 Å². The summed E-state index contributed by atoms with van der Waals surface area (Å²) in [5.74, 6) is 2.36. The van der Waals surface area contributed by atoms with Crippen molar-refractivity contribution in [2.75, 3.05) is 14.2 Å². The minimum atomic E-state index is 0. The molecule has 1 fully saturated rings. The maximum Gasteiger partial charge on any atom is 0.161 e. The van der Waals surface area contributed by atoms with Crippen LogP contribution in [0.3, 0.4) is 0 Å². The molecular formula is C16H22Br2N2O2S. The molecule has 1 heterocycles. The molecule has 1 aromatic carbocycles. The molecule has 0 aromatic heterocycles. The van der Waals surface area contributed by atoms with Gasteiger partial charge in [0, 0.05) is 10.2 Å². The van der Waals surface area contributed by atoms with E-state index in [9.17, 15) is 0 Å². The van der Waals surface area contributed by atoms with Crippen molar-refractivity contribution in [2.45, 2.75) is 43.5 Å². The normalized spacial score (nSPS) is 22.5. The second kappa shape index (κ2) is 8.62. The third kappa shape index (κ3) is 4.37. The molecule has 2 unspecified atom stereocenters. The highest BCUT2D eigenvalue weighted by atomic mass is 79.9. The van der Waals surface area contributed by atoms with E-state index >= 15 is 0 Å². The smallest absolute Gasteiger partial charge is 0.161 e. The highest BCUT2D eigenvalue weighted by Crippen LogP contribution is 2.35. The van der Waals surface area contributed by atoms with Gasteiger partial charge in [-0.2, -0.15) is 0 Å². The molecule has 4 nitrogen and oxygen atoms in total. The number of aliphatic imine (C=N–C) groups is 1. The fraction of sp³-hybridized carbons (Fsp3) is 0.562. The van der Waals surface area contributed by atoms with Crippen molar-refractivity contribution in [1.82, 2.24) is 5.32 Å². The first kappa shape index (κ1) is 18.9. The molecule has 1 saturated carbocycles. The molecule has 1 aliphatic carbocycles. The molecule has 1 aliphatic heterocycles. The molecule has 0 bridgehead atoms. The fourth-order valence-corrected chi connectivity index (χ4v) is 4.64. The summed E-state index contributed by atoms with van der Waals surface area (Å²) in [7, 11) is 3.31. The fourth-order valence-electron chi connectivity index (χ4n) is 3.01. The number of hydrogen-bond acceptors (Lipinski definition) is 5. The monoisotopic (exact) mass is 464 g/mol. The van der Waals surface area contributed by atoms with Crippen LogP contribution < -0.4 is 14.8 Å². The summed E-state index contributed by atoms with van der Waals surface area (Å²) in [4.78, 5) is 4.83. The molecule has 128 valence electrons.